The van der Waals surface area contributed by atoms with Crippen molar-refractivity contribution in [3.63, 3.8) is 0 Å². The molecule has 0 aliphatic heterocycles. The van der Waals surface area contributed by atoms with Crippen molar-refractivity contribution in [3.8, 4) is 11.6 Å². The van der Waals surface area contributed by atoms with Gasteiger partial charge >= 0.3 is 0 Å². The Morgan fingerprint density at radius 3 is 2.96 bits per heavy atom. The third-order valence-corrected chi connectivity index (χ3v) is 5.03. The fourth-order valence-corrected chi connectivity index (χ4v) is 3.22. The van der Waals surface area contributed by atoms with Gasteiger partial charge in [0.2, 0.25) is 5.82 Å². The number of furan rings is 1. The first-order chi connectivity index (χ1) is 12.7. The number of ether oxygens (including phenoxy) is 1. The number of hydrogen-bond acceptors (Lipinski definition) is 5. The van der Waals surface area contributed by atoms with Crippen molar-refractivity contribution in [2.24, 2.45) is 10.4 Å². The third kappa shape index (κ3) is 4.63. The monoisotopic (exact) mass is 360 g/mol. The van der Waals surface area contributed by atoms with Crippen molar-refractivity contribution in [3.05, 3.63) is 24.2 Å². The van der Waals surface area contributed by atoms with Crippen LogP contribution < -0.4 is 10.6 Å². The maximum absolute atomic E-state index is 5.30. The molecular weight excluding hydrogens is 332 g/mol. The molecule has 2 aromatic rings. The van der Waals surface area contributed by atoms with E-state index in [0.29, 0.717) is 17.0 Å². The lowest BCUT2D eigenvalue weighted by molar-refractivity contribution is 0.0732. The molecule has 0 aromatic carbocycles. The number of nitrogens with one attached hydrogen (secondary N) is 3. The molecule has 1 aliphatic carbocycles. The Labute approximate surface area is 153 Å². The first kappa shape index (κ1) is 18.4. The van der Waals surface area contributed by atoms with E-state index in [-0.39, 0.29) is 0 Å². The minimum Gasteiger partial charge on any atom is -0.461 e. The number of hydrogen-bond donors (Lipinski definition) is 3. The average molecular weight is 360 g/mol. The second-order valence-corrected chi connectivity index (χ2v) is 6.78. The van der Waals surface area contributed by atoms with Crippen LogP contribution in [0.1, 0.15) is 31.5 Å². The average Bonchev–Trinajstić information content (AvgIpc) is 3.30. The number of H-pyrrole nitrogens is 1. The van der Waals surface area contributed by atoms with Gasteiger partial charge in [-0.15, -0.1) is 0 Å². The molecule has 0 saturated heterocycles. The van der Waals surface area contributed by atoms with E-state index >= 15 is 0 Å². The number of aromatic amines is 1. The summed E-state index contributed by atoms with van der Waals surface area (Å²) in [5.41, 5.74) is 0.358. The van der Waals surface area contributed by atoms with E-state index in [2.05, 4.69) is 30.8 Å². The van der Waals surface area contributed by atoms with Gasteiger partial charge in [-0.2, -0.15) is 5.10 Å². The first-order valence-electron chi connectivity index (χ1n) is 9.13. The maximum Gasteiger partial charge on any atom is 0.216 e. The highest BCUT2D eigenvalue weighted by molar-refractivity contribution is 5.79. The number of rotatable bonds is 9. The number of nitrogens with zero attached hydrogens (tertiary/aromatic N) is 3. The summed E-state index contributed by atoms with van der Waals surface area (Å²) in [4.78, 5) is 8.75. The number of aliphatic imine (C=N–C) groups is 1. The molecule has 2 heterocycles. The molecule has 2 aromatic heterocycles. The van der Waals surface area contributed by atoms with Crippen LogP contribution >= 0.6 is 0 Å². The Kier molecular flexibility index (Phi) is 6.27. The van der Waals surface area contributed by atoms with Crippen LogP contribution in [0.15, 0.2) is 27.8 Å². The van der Waals surface area contributed by atoms with Crippen LogP contribution in [0, 0.1) is 5.41 Å². The second-order valence-electron chi connectivity index (χ2n) is 6.78. The van der Waals surface area contributed by atoms with Gasteiger partial charge in [-0.05, 0) is 36.8 Å². The first-order valence-corrected chi connectivity index (χ1v) is 9.13. The number of aromatic nitrogens is 3. The molecule has 0 amide bonds. The lowest BCUT2D eigenvalue weighted by atomic mass is 9.67. The molecule has 3 rings (SSSR count). The normalized spacial score (nSPS) is 16.3. The maximum atomic E-state index is 5.30. The summed E-state index contributed by atoms with van der Waals surface area (Å²) in [6.45, 7) is 2.47. The Morgan fingerprint density at radius 2 is 2.31 bits per heavy atom. The summed E-state index contributed by atoms with van der Waals surface area (Å²) in [6.07, 6.45) is 7.26. The Morgan fingerprint density at radius 1 is 1.42 bits per heavy atom. The Bertz CT molecular complexity index is 690. The predicted molar refractivity (Wildman–Crippen MR) is 99.9 cm³/mol. The fourth-order valence-electron chi connectivity index (χ4n) is 3.22. The molecule has 8 nitrogen and oxygen atoms in total. The van der Waals surface area contributed by atoms with Crippen LogP contribution in [0.2, 0.25) is 0 Å². The Balaban J connectivity index is 1.42. The zero-order valence-electron chi connectivity index (χ0n) is 15.5. The molecule has 3 N–H and O–H groups in total. The van der Waals surface area contributed by atoms with Gasteiger partial charge in [0.15, 0.2) is 11.7 Å². The van der Waals surface area contributed by atoms with Crippen LogP contribution in [-0.2, 0) is 11.2 Å². The summed E-state index contributed by atoms with van der Waals surface area (Å²) in [5, 5.41) is 13.9. The molecule has 26 heavy (non-hydrogen) atoms. The van der Waals surface area contributed by atoms with Crippen molar-refractivity contribution in [1.29, 1.82) is 0 Å². The van der Waals surface area contributed by atoms with Gasteiger partial charge in [0.25, 0.3) is 0 Å². The van der Waals surface area contributed by atoms with E-state index in [1.807, 2.05) is 12.1 Å². The topological polar surface area (TPSA) is 100 Å². The molecule has 1 fully saturated rings. The molecular formula is C18H28N6O2. The molecule has 0 unspecified atom stereocenters. The molecule has 142 valence electrons. The van der Waals surface area contributed by atoms with E-state index in [4.69, 9.17) is 9.15 Å². The van der Waals surface area contributed by atoms with E-state index in [9.17, 15) is 0 Å². The standard InChI is InChI=1S/C18H28N6O2/c1-19-17(21-13-18(7-4-8-18)9-12-25-2)20-10-6-15-22-16(24-23-15)14-5-3-11-26-14/h3,5,11H,4,6-10,12-13H2,1-2H3,(H2,19,20,21)(H,22,23,24). The number of methoxy groups -OCH3 is 1. The van der Waals surface area contributed by atoms with E-state index in [1.54, 1.807) is 20.4 Å². The van der Waals surface area contributed by atoms with Crippen LogP contribution in [-0.4, -0.2) is 55.0 Å². The van der Waals surface area contributed by atoms with Gasteiger partial charge in [-0.25, -0.2) is 4.98 Å². The van der Waals surface area contributed by atoms with Gasteiger partial charge < -0.3 is 19.8 Å². The number of guanidine groups is 1. The summed E-state index contributed by atoms with van der Waals surface area (Å²) < 4.78 is 10.6. The van der Waals surface area contributed by atoms with Gasteiger partial charge in [0.1, 0.15) is 5.82 Å². The van der Waals surface area contributed by atoms with Crippen molar-refractivity contribution >= 4 is 5.96 Å². The van der Waals surface area contributed by atoms with Gasteiger partial charge in [0, 0.05) is 40.3 Å². The molecule has 1 aliphatic rings. The van der Waals surface area contributed by atoms with Crippen LogP contribution in [0.25, 0.3) is 11.6 Å². The van der Waals surface area contributed by atoms with Crippen molar-refractivity contribution in [2.45, 2.75) is 32.1 Å². The van der Waals surface area contributed by atoms with Crippen molar-refractivity contribution < 1.29 is 9.15 Å². The van der Waals surface area contributed by atoms with E-state index in [1.165, 1.54) is 19.3 Å². The summed E-state index contributed by atoms with van der Waals surface area (Å²) in [7, 11) is 3.56. The third-order valence-electron chi connectivity index (χ3n) is 5.03. The zero-order chi connectivity index (χ0) is 18.2. The van der Waals surface area contributed by atoms with E-state index in [0.717, 1.165) is 44.3 Å². The quantitative estimate of drug-likeness (QED) is 0.467. The van der Waals surface area contributed by atoms with Crippen LogP contribution in [0.5, 0.6) is 0 Å². The predicted octanol–water partition coefficient (Wildman–Crippen LogP) is 1.98. The zero-order valence-corrected chi connectivity index (χ0v) is 15.5. The van der Waals surface area contributed by atoms with Crippen LogP contribution in [0.3, 0.4) is 0 Å². The highest BCUT2D eigenvalue weighted by Crippen LogP contribution is 2.43. The molecule has 0 atom stereocenters. The van der Waals surface area contributed by atoms with E-state index < -0.39 is 0 Å². The molecule has 8 heteroatoms. The summed E-state index contributed by atoms with van der Waals surface area (Å²) in [5.74, 6) is 2.88. The van der Waals surface area contributed by atoms with Crippen LogP contribution in [0.4, 0.5) is 0 Å². The Hall–Kier alpha value is -2.35. The highest BCUT2D eigenvalue weighted by atomic mass is 16.5. The molecule has 0 bridgehead atoms. The van der Waals surface area contributed by atoms with Crippen molar-refractivity contribution in [1.82, 2.24) is 25.8 Å². The summed E-state index contributed by atoms with van der Waals surface area (Å²) >= 11 is 0. The minimum absolute atomic E-state index is 0.358. The minimum atomic E-state index is 0.358. The highest BCUT2D eigenvalue weighted by Gasteiger charge is 2.36. The van der Waals surface area contributed by atoms with Gasteiger partial charge in [-0.1, -0.05) is 6.42 Å². The van der Waals surface area contributed by atoms with Gasteiger partial charge in [0.05, 0.1) is 6.26 Å². The molecule has 0 spiro atoms. The SMILES string of the molecule is CN=C(NCCc1nc(-c2ccco2)n[nH]1)NCC1(CCOC)CCC1. The second kappa shape index (κ2) is 8.84. The fraction of sp³-hybridized carbons (Fsp3) is 0.611. The molecule has 0 radical (unpaired) electrons. The van der Waals surface area contributed by atoms with Gasteiger partial charge in [-0.3, -0.25) is 10.1 Å². The summed E-state index contributed by atoms with van der Waals surface area (Å²) in [6, 6.07) is 3.67. The smallest absolute Gasteiger partial charge is 0.216 e. The molecule has 1 saturated carbocycles. The van der Waals surface area contributed by atoms with Crippen molar-refractivity contribution in [2.75, 3.05) is 33.9 Å². The lowest BCUT2D eigenvalue weighted by Crippen LogP contribution is -2.47. The largest absolute Gasteiger partial charge is 0.461 e. The lowest BCUT2D eigenvalue weighted by Gasteiger charge is -2.42.